The fraction of sp³-hybridized carbons (Fsp3) is 0.0667. The molecule has 3 rings (SSSR count). The van der Waals surface area contributed by atoms with Crippen molar-refractivity contribution in [2.24, 2.45) is 0 Å². The van der Waals surface area contributed by atoms with Crippen LogP contribution >= 0.6 is 0 Å². The van der Waals surface area contributed by atoms with Crippen LogP contribution in [0, 0.1) is 11.3 Å². The maximum Gasteiger partial charge on any atom is 0.250 e. The van der Waals surface area contributed by atoms with Crippen molar-refractivity contribution < 1.29 is 0 Å². The molecule has 2 aromatic carbocycles. The number of nitriles is 1. The van der Waals surface area contributed by atoms with E-state index in [0.29, 0.717) is 11.5 Å². The number of aromatic nitrogens is 3. The Morgan fingerprint density at radius 3 is 2.60 bits per heavy atom. The van der Waals surface area contributed by atoms with E-state index in [4.69, 9.17) is 5.26 Å². The van der Waals surface area contributed by atoms with Crippen LogP contribution in [0.25, 0.3) is 11.0 Å². The highest BCUT2D eigenvalue weighted by atomic mass is 15.3. The average molecular weight is 261 g/mol. The van der Waals surface area contributed by atoms with Crippen LogP contribution in [-0.4, -0.2) is 22.2 Å². The highest BCUT2D eigenvalue weighted by molar-refractivity contribution is 5.75. The molecule has 0 aliphatic rings. The lowest BCUT2D eigenvalue weighted by atomic mass is 10.2. The topological polar surface area (TPSA) is 65.7 Å². The number of para-hydroxylation sites is 1. The van der Waals surface area contributed by atoms with Crippen LogP contribution in [0.1, 0.15) is 5.56 Å². The summed E-state index contributed by atoms with van der Waals surface area (Å²) in [5, 5.41) is 17.2. The first kappa shape index (κ1) is 12.1. The van der Waals surface area contributed by atoms with E-state index in [1.54, 1.807) is 17.0 Å². The van der Waals surface area contributed by atoms with E-state index >= 15 is 0 Å². The summed E-state index contributed by atoms with van der Waals surface area (Å²) in [7, 11) is 1.85. The molecule has 0 aliphatic heterocycles. The molecule has 0 spiro atoms. The van der Waals surface area contributed by atoms with Crippen molar-refractivity contribution in [3.63, 3.8) is 0 Å². The van der Waals surface area contributed by atoms with Crippen molar-refractivity contribution in [2.75, 3.05) is 11.9 Å². The fourth-order valence-electron chi connectivity index (χ4n) is 1.91. The minimum absolute atomic E-state index is 0.499. The monoisotopic (exact) mass is 261 g/mol. The van der Waals surface area contributed by atoms with Gasteiger partial charge in [0.15, 0.2) is 0 Å². The summed E-state index contributed by atoms with van der Waals surface area (Å²) >= 11 is 0. The van der Waals surface area contributed by atoms with Gasteiger partial charge in [-0.1, -0.05) is 18.2 Å². The van der Waals surface area contributed by atoms with Crippen LogP contribution in [0.15, 0.2) is 48.5 Å². The van der Waals surface area contributed by atoms with E-state index in [9.17, 15) is 0 Å². The molecule has 0 radical (unpaired) electrons. The molecule has 0 bridgehead atoms. The smallest absolute Gasteiger partial charge is 0.250 e. The molecule has 0 atom stereocenters. The Kier molecular flexibility index (Phi) is 2.98. The van der Waals surface area contributed by atoms with Crippen molar-refractivity contribution in [1.82, 2.24) is 15.2 Å². The Balaban J connectivity index is 2.03. The highest BCUT2D eigenvalue weighted by Crippen LogP contribution is 2.21. The number of fused-ring (bicyclic) bond motifs is 1. The van der Waals surface area contributed by atoms with Gasteiger partial charge in [-0.3, -0.25) is 0 Å². The molecule has 0 aliphatic carbocycles. The number of benzene rings is 2. The Labute approximate surface area is 116 Å². The molecule has 0 fully saturated rings. The summed E-state index contributed by atoms with van der Waals surface area (Å²) in [5.41, 5.74) is 3.00. The molecular weight excluding hydrogens is 250 g/mol. The number of anilines is 2. The van der Waals surface area contributed by atoms with Gasteiger partial charge in [-0.25, -0.2) is 4.98 Å². The van der Waals surface area contributed by atoms with Gasteiger partial charge in [0.25, 0.3) is 0 Å². The Morgan fingerprint density at radius 2 is 1.80 bits per heavy atom. The Bertz CT molecular complexity index is 806. The lowest BCUT2D eigenvalue weighted by Crippen LogP contribution is -2.14. The maximum absolute atomic E-state index is 8.94. The molecule has 5 nitrogen and oxygen atoms in total. The summed E-state index contributed by atoms with van der Waals surface area (Å²) in [6.45, 7) is 0. The predicted molar refractivity (Wildman–Crippen MR) is 76.6 cm³/mol. The molecule has 5 heteroatoms. The number of rotatable bonds is 2. The molecule has 0 amide bonds. The quantitative estimate of drug-likeness (QED) is 0.709. The van der Waals surface area contributed by atoms with Crippen LogP contribution in [0.4, 0.5) is 11.6 Å². The van der Waals surface area contributed by atoms with Crippen molar-refractivity contribution >= 4 is 22.7 Å². The molecule has 1 aromatic heterocycles. The molecule has 20 heavy (non-hydrogen) atoms. The van der Waals surface area contributed by atoms with Gasteiger partial charge in [0.2, 0.25) is 5.95 Å². The molecule has 0 unspecified atom stereocenters. The van der Waals surface area contributed by atoms with Crippen LogP contribution in [0.5, 0.6) is 0 Å². The first-order chi connectivity index (χ1) is 9.78. The Morgan fingerprint density at radius 1 is 1.00 bits per heavy atom. The fourth-order valence-corrected chi connectivity index (χ4v) is 1.91. The highest BCUT2D eigenvalue weighted by Gasteiger charge is 2.09. The summed E-state index contributed by atoms with van der Waals surface area (Å²) in [6.07, 6.45) is 0. The molecule has 1 heterocycles. The maximum atomic E-state index is 8.94. The first-order valence-electron chi connectivity index (χ1n) is 6.11. The molecule has 0 saturated heterocycles. The van der Waals surface area contributed by atoms with E-state index in [1.165, 1.54) is 0 Å². The third kappa shape index (κ3) is 2.15. The number of nitrogens with zero attached hydrogens (tertiary/aromatic N) is 5. The molecular formula is C15H11N5. The first-order valence-corrected chi connectivity index (χ1v) is 6.11. The van der Waals surface area contributed by atoms with Gasteiger partial charge in [0.1, 0.15) is 5.52 Å². The lowest BCUT2D eigenvalue weighted by Gasteiger charge is -2.16. The van der Waals surface area contributed by atoms with E-state index in [1.807, 2.05) is 43.4 Å². The zero-order valence-corrected chi connectivity index (χ0v) is 10.9. The van der Waals surface area contributed by atoms with Gasteiger partial charge in [-0.15, -0.1) is 10.2 Å². The minimum Gasteiger partial charge on any atom is -0.312 e. The van der Waals surface area contributed by atoms with Crippen molar-refractivity contribution in [2.45, 2.75) is 0 Å². The van der Waals surface area contributed by atoms with E-state index in [0.717, 1.165) is 16.7 Å². The van der Waals surface area contributed by atoms with Crippen LogP contribution in [-0.2, 0) is 0 Å². The summed E-state index contributed by atoms with van der Waals surface area (Å²) in [6, 6.07) is 17.0. The zero-order chi connectivity index (χ0) is 13.9. The second-order valence-corrected chi connectivity index (χ2v) is 4.32. The van der Waals surface area contributed by atoms with Gasteiger partial charge < -0.3 is 4.90 Å². The van der Waals surface area contributed by atoms with Gasteiger partial charge in [-0.05, 0) is 30.3 Å². The molecule has 0 N–H and O–H groups in total. The normalized spacial score (nSPS) is 10.2. The van der Waals surface area contributed by atoms with Gasteiger partial charge in [0, 0.05) is 12.7 Å². The van der Waals surface area contributed by atoms with E-state index < -0.39 is 0 Å². The van der Waals surface area contributed by atoms with Crippen LogP contribution in [0.3, 0.4) is 0 Å². The van der Waals surface area contributed by atoms with Crippen molar-refractivity contribution in [3.05, 3.63) is 54.1 Å². The summed E-state index contributed by atoms with van der Waals surface area (Å²) < 4.78 is 0. The largest absolute Gasteiger partial charge is 0.312 e. The third-order valence-electron chi connectivity index (χ3n) is 3.01. The van der Waals surface area contributed by atoms with E-state index in [-0.39, 0.29) is 0 Å². The van der Waals surface area contributed by atoms with Crippen LogP contribution in [0.2, 0.25) is 0 Å². The predicted octanol–water partition coefficient (Wildman–Crippen LogP) is 2.66. The number of hydrogen-bond acceptors (Lipinski definition) is 5. The molecule has 3 aromatic rings. The number of hydrogen-bond donors (Lipinski definition) is 0. The van der Waals surface area contributed by atoms with Gasteiger partial charge >= 0.3 is 0 Å². The molecule has 0 saturated carbocycles. The Hall–Kier alpha value is -3.00. The standard InChI is InChI=1S/C15H11N5/c1-20(12-6-4-5-11(9-12)10-16)15-17-13-7-2-3-8-14(13)18-19-15/h2-9H,1H3. The van der Waals surface area contributed by atoms with Gasteiger partial charge in [-0.2, -0.15) is 5.26 Å². The minimum atomic E-state index is 0.499. The average Bonchev–Trinajstić information content (AvgIpc) is 2.53. The zero-order valence-electron chi connectivity index (χ0n) is 10.9. The van der Waals surface area contributed by atoms with E-state index in [2.05, 4.69) is 21.3 Å². The second-order valence-electron chi connectivity index (χ2n) is 4.32. The van der Waals surface area contributed by atoms with Crippen molar-refractivity contribution in [3.8, 4) is 6.07 Å². The molecule has 96 valence electrons. The SMILES string of the molecule is CN(c1cccc(C#N)c1)c1nnc2ccccc2n1. The summed E-state index contributed by atoms with van der Waals surface area (Å²) in [4.78, 5) is 6.28. The third-order valence-corrected chi connectivity index (χ3v) is 3.01. The van der Waals surface area contributed by atoms with Crippen molar-refractivity contribution in [1.29, 1.82) is 5.26 Å². The second kappa shape index (κ2) is 4.94. The van der Waals surface area contributed by atoms with Crippen LogP contribution < -0.4 is 4.90 Å². The lowest BCUT2D eigenvalue weighted by molar-refractivity contribution is 0.966. The van der Waals surface area contributed by atoms with Gasteiger partial charge in [0.05, 0.1) is 17.1 Å². The summed E-state index contributed by atoms with van der Waals surface area (Å²) in [5.74, 6) is 0.499.